The monoisotopic (exact) mass is 446 g/mol. The van der Waals surface area contributed by atoms with Crippen LogP contribution in [0.15, 0.2) is 29.8 Å². The summed E-state index contributed by atoms with van der Waals surface area (Å²) in [5.41, 5.74) is 4.73. The van der Waals surface area contributed by atoms with Crippen LogP contribution in [0.5, 0.6) is 0 Å². The molecule has 0 spiro atoms. The number of aryl methyl sites for hydroxylation is 1. The molecule has 0 saturated carbocycles. The lowest BCUT2D eigenvalue weighted by molar-refractivity contribution is -0.141. The van der Waals surface area contributed by atoms with Crippen LogP contribution < -0.4 is 10.0 Å². The maximum Gasteiger partial charge on any atom is 0.243 e. The average molecular weight is 447 g/mol. The number of carbonyl (C=O) groups is 2. The first-order valence-corrected chi connectivity index (χ1v) is 11.5. The van der Waals surface area contributed by atoms with Crippen LogP contribution in [-0.4, -0.2) is 40.3 Å². The van der Waals surface area contributed by atoms with Gasteiger partial charge in [-0.2, -0.15) is 0 Å². The Kier molecular flexibility index (Phi) is 7.21. The number of rotatable bonds is 6. The number of nitrogens with one attached hydrogen (secondary N) is 2. The van der Waals surface area contributed by atoms with Gasteiger partial charge < -0.3 is 10.2 Å². The number of thiol groups is 1. The summed E-state index contributed by atoms with van der Waals surface area (Å²) in [5.74, 6) is -0.172. The van der Waals surface area contributed by atoms with Gasteiger partial charge in [-0.15, -0.1) is 11.3 Å². The third-order valence-corrected chi connectivity index (χ3v) is 6.74. The first kappa shape index (κ1) is 22.8. The van der Waals surface area contributed by atoms with Gasteiger partial charge in [-0.3, -0.25) is 14.3 Å². The van der Waals surface area contributed by atoms with Crippen molar-refractivity contribution in [3.05, 3.63) is 41.0 Å². The average Bonchev–Trinajstić information content (AvgIpc) is 3.35. The van der Waals surface area contributed by atoms with E-state index in [0.717, 1.165) is 28.1 Å². The summed E-state index contributed by atoms with van der Waals surface area (Å²) in [6.07, 6.45) is 1.51. The summed E-state index contributed by atoms with van der Waals surface area (Å²) < 4.78 is 2.82. The van der Waals surface area contributed by atoms with Crippen molar-refractivity contribution in [1.82, 2.24) is 19.9 Å². The molecule has 1 aromatic carbocycles. The van der Waals surface area contributed by atoms with E-state index < -0.39 is 12.1 Å². The van der Waals surface area contributed by atoms with E-state index in [4.69, 9.17) is 0 Å². The summed E-state index contributed by atoms with van der Waals surface area (Å²) in [6.45, 7) is 9.00. The lowest BCUT2D eigenvalue weighted by Gasteiger charge is -2.34. The molecule has 2 amide bonds. The van der Waals surface area contributed by atoms with Crippen LogP contribution in [0.1, 0.15) is 44.9 Å². The van der Waals surface area contributed by atoms with E-state index in [1.165, 1.54) is 0 Å². The van der Waals surface area contributed by atoms with Gasteiger partial charge >= 0.3 is 0 Å². The van der Waals surface area contributed by atoms with Crippen molar-refractivity contribution in [1.29, 1.82) is 0 Å². The number of aromatic nitrogens is 1. The Balaban J connectivity index is 1.61. The molecule has 0 bridgehead atoms. The highest BCUT2D eigenvalue weighted by atomic mass is 32.1. The molecule has 3 rings (SSSR count). The van der Waals surface area contributed by atoms with Crippen molar-refractivity contribution in [2.24, 2.45) is 5.41 Å². The van der Waals surface area contributed by atoms with Crippen LogP contribution in [0.2, 0.25) is 0 Å². The second-order valence-electron chi connectivity index (χ2n) is 8.80. The van der Waals surface area contributed by atoms with Crippen LogP contribution in [0, 0.1) is 12.3 Å². The molecule has 2 atom stereocenters. The highest BCUT2D eigenvalue weighted by molar-refractivity contribution is 7.78. The Bertz CT molecular complexity index is 889. The minimum absolute atomic E-state index is 0.0700. The van der Waals surface area contributed by atoms with E-state index in [9.17, 15) is 9.59 Å². The number of thiazole rings is 1. The number of nitrogens with zero attached hydrogens (tertiary/aromatic N) is 2. The number of hydrogen-bond acceptors (Lipinski definition) is 6. The summed E-state index contributed by atoms with van der Waals surface area (Å²) in [7, 11) is 0. The zero-order valence-corrected chi connectivity index (χ0v) is 19.6. The largest absolute Gasteiger partial charge is 0.350 e. The highest BCUT2D eigenvalue weighted by Crippen LogP contribution is 2.28. The Morgan fingerprint density at radius 2 is 2.00 bits per heavy atom. The van der Waals surface area contributed by atoms with Crippen LogP contribution in [0.4, 0.5) is 0 Å². The molecule has 0 aliphatic carbocycles. The van der Waals surface area contributed by atoms with Crippen LogP contribution in [0.3, 0.4) is 0 Å². The normalized spacial score (nSPS) is 17.8. The summed E-state index contributed by atoms with van der Waals surface area (Å²) >= 11 is 5.77. The third kappa shape index (κ3) is 5.04. The molecule has 1 aliphatic rings. The predicted molar refractivity (Wildman–Crippen MR) is 124 cm³/mol. The number of hydrogen-bond donors (Lipinski definition) is 3. The molecule has 2 unspecified atom stereocenters. The zero-order chi connectivity index (χ0) is 21.9. The molecule has 8 heteroatoms. The van der Waals surface area contributed by atoms with Crippen molar-refractivity contribution < 1.29 is 9.59 Å². The fourth-order valence-corrected chi connectivity index (χ4v) is 5.06. The van der Waals surface area contributed by atoms with Crippen LogP contribution in [-0.2, 0) is 16.1 Å². The predicted octanol–water partition coefficient (Wildman–Crippen LogP) is 3.57. The fraction of sp³-hybridized carbons (Fsp3) is 0.500. The van der Waals surface area contributed by atoms with Gasteiger partial charge in [0, 0.05) is 13.1 Å². The molecule has 2 heterocycles. The van der Waals surface area contributed by atoms with Gasteiger partial charge in [-0.25, -0.2) is 4.98 Å². The molecule has 2 aromatic rings. The van der Waals surface area contributed by atoms with Gasteiger partial charge in [0.1, 0.15) is 12.1 Å². The van der Waals surface area contributed by atoms with Gasteiger partial charge in [-0.1, -0.05) is 57.9 Å². The maximum atomic E-state index is 13.0. The molecule has 1 saturated heterocycles. The molecular weight excluding hydrogens is 416 g/mol. The first-order valence-electron chi connectivity index (χ1n) is 10.2. The van der Waals surface area contributed by atoms with Gasteiger partial charge in [-0.05, 0) is 36.3 Å². The Hall–Kier alpha value is -1.90. The molecule has 162 valence electrons. The quantitative estimate of drug-likeness (QED) is 0.593. The van der Waals surface area contributed by atoms with Crippen molar-refractivity contribution in [2.45, 2.75) is 59.2 Å². The first-order chi connectivity index (χ1) is 14.2. The molecule has 0 radical (unpaired) electrons. The lowest BCUT2D eigenvalue weighted by Crippen LogP contribution is -2.54. The molecule has 6 nitrogen and oxygen atoms in total. The van der Waals surface area contributed by atoms with E-state index >= 15 is 0 Å². The molecule has 2 N–H and O–H groups in total. The zero-order valence-electron chi connectivity index (χ0n) is 17.9. The van der Waals surface area contributed by atoms with Gasteiger partial charge in [0.2, 0.25) is 11.8 Å². The third-order valence-electron chi connectivity index (χ3n) is 5.51. The number of benzene rings is 1. The van der Waals surface area contributed by atoms with E-state index in [1.807, 2.05) is 45.3 Å². The molecule has 1 aliphatic heterocycles. The minimum Gasteiger partial charge on any atom is -0.350 e. The van der Waals surface area contributed by atoms with Crippen LogP contribution >= 0.6 is 24.2 Å². The summed E-state index contributed by atoms with van der Waals surface area (Å²) in [4.78, 5) is 33.0. The highest BCUT2D eigenvalue weighted by Gasteiger charge is 2.40. The Morgan fingerprint density at radius 3 is 2.57 bits per heavy atom. The SMILES string of the molecule is Cc1ncsc1-c1ccc(CNC(=O)C2CCCN2C(=O)C(NS)C(C)(C)C)cc1. The Morgan fingerprint density at radius 1 is 1.30 bits per heavy atom. The van der Waals surface area contributed by atoms with Gasteiger partial charge in [0.25, 0.3) is 0 Å². The number of carbonyl (C=O) groups excluding carboxylic acids is 2. The van der Waals surface area contributed by atoms with Gasteiger partial charge in [0.15, 0.2) is 0 Å². The van der Waals surface area contributed by atoms with Crippen LogP contribution in [0.25, 0.3) is 10.4 Å². The molecule has 1 aromatic heterocycles. The fourth-order valence-electron chi connectivity index (χ4n) is 3.75. The van der Waals surface area contributed by atoms with Crippen molar-refractivity contribution in [3.8, 4) is 10.4 Å². The van der Waals surface area contributed by atoms with E-state index in [-0.39, 0.29) is 17.2 Å². The lowest BCUT2D eigenvalue weighted by atomic mass is 9.86. The molecular formula is C22H30N4O2S2. The molecule has 30 heavy (non-hydrogen) atoms. The smallest absolute Gasteiger partial charge is 0.243 e. The Labute approximate surface area is 188 Å². The maximum absolute atomic E-state index is 13.0. The van der Waals surface area contributed by atoms with Gasteiger partial charge in [0.05, 0.1) is 16.1 Å². The molecule has 1 fully saturated rings. The minimum atomic E-state index is -0.447. The summed E-state index contributed by atoms with van der Waals surface area (Å²) in [5, 5.41) is 3.00. The number of amides is 2. The van der Waals surface area contributed by atoms with E-state index in [0.29, 0.717) is 19.5 Å². The van der Waals surface area contributed by atoms with Crippen molar-refractivity contribution >= 4 is 36.0 Å². The van der Waals surface area contributed by atoms with E-state index in [2.05, 4.69) is 40.0 Å². The second kappa shape index (κ2) is 9.49. The number of likely N-dealkylation sites (tertiary alicyclic amines) is 1. The van der Waals surface area contributed by atoms with Crippen molar-refractivity contribution in [2.75, 3.05) is 6.54 Å². The van der Waals surface area contributed by atoms with Crippen molar-refractivity contribution in [3.63, 3.8) is 0 Å². The summed E-state index contributed by atoms with van der Waals surface area (Å²) in [6, 6.07) is 7.28. The van der Waals surface area contributed by atoms with E-state index in [1.54, 1.807) is 16.2 Å². The standard InChI is InChI=1S/C22H30N4O2S2/c1-14-18(30-13-24-14)16-9-7-15(8-10-16)12-23-20(27)17-6-5-11-26(17)21(28)19(25-29)22(2,3)4/h7-10,13,17,19,25,29H,5-6,11-12H2,1-4H3,(H,23,27). The topological polar surface area (TPSA) is 74.3 Å². The second-order valence-corrected chi connectivity index (χ2v) is 9.91.